The Hall–Kier alpha value is -2.16. The number of rotatable bonds is 3. The molecule has 0 N–H and O–H groups in total. The van der Waals surface area contributed by atoms with Gasteiger partial charge in [0.2, 0.25) is 0 Å². The lowest BCUT2D eigenvalue weighted by molar-refractivity contribution is 0.295. The van der Waals surface area contributed by atoms with Gasteiger partial charge in [-0.05, 0) is 31.5 Å². The maximum absolute atomic E-state index is 5.85. The fraction of sp³-hybridized carbons (Fsp3) is 0.294. The number of aromatic nitrogens is 1. The number of hydrogen-bond acceptors (Lipinski definition) is 3. The van der Waals surface area contributed by atoms with E-state index in [1.165, 1.54) is 5.56 Å². The lowest BCUT2D eigenvalue weighted by atomic mass is 9.88. The molecule has 2 aromatic rings. The van der Waals surface area contributed by atoms with Crippen LogP contribution in [0.4, 0.5) is 0 Å². The monoisotopic (exact) mass is 266 g/mol. The lowest BCUT2D eigenvalue weighted by Crippen LogP contribution is -2.30. The summed E-state index contributed by atoms with van der Waals surface area (Å²) in [5.74, 6) is 0.769. The molecule has 0 unspecified atom stereocenters. The van der Waals surface area contributed by atoms with Crippen molar-refractivity contribution in [1.82, 2.24) is 4.98 Å². The first-order valence-electron chi connectivity index (χ1n) is 6.85. The van der Waals surface area contributed by atoms with Gasteiger partial charge in [-0.25, -0.2) is 4.99 Å². The average molecular weight is 266 g/mol. The van der Waals surface area contributed by atoms with Gasteiger partial charge in [0.15, 0.2) is 5.90 Å². The summed E-state index contributed by atoms with van der Waals surface area (Å²) < 4.78 is 5.85. The van der Waals surface area contributed by atoms with Crippen molar-refractivity contribution in [3.05, 3.63) is 66.0 Å². The molecule has 1 aromatic heterocycles. The molecule has 2 heterocycles. The zero-order chi connectivity index (χ0) is 14.0. The highest BCUT2D eigenvalue weighted by Gasteiger charge is 2.35. The van der Waals surface area contributed by atoms with Crippen molar-refractivity contribution < 1.29 is 4.74 Å². The van der Waals surface area contributed by atoms with Gasteiger partial charge in [-0.2, -0.15) is 0 Å². The van der Waals surface area contributed by atoms with E-state index in [0.717, 1.165) is 11.6 Å². The van der Waals surface area contributed by atoms with E-state index in [-0.39, 0.29) is 11.5 Å². The normalized spacial score (nSPS) is 18.5. The second kappa shape index (κ2) is 5.08. The smallest absolute Gasteiger partial charge is 0.196 e. The molecule has 20 heavy (non-hydrogen) atoms. The van der Waals surface area contributed by atoms with Gasteiger partial charge < -0.3 is 4.74 Å². The van der Waals surface area contributed by atoms with Crippen LogP contribution in [0.25, 0.3) is 0 Å². The summed E-state index contributed by atoms with van der Waals surface area (Å²) in [5.41, 5.74) is 1.87. The summed E-state index contributed by atoms with van der Waals surface area (Å²) in [6, 6.07) is 16.3. The summed E-state index contributed by atoms with van der Waals surface area (Å²) >= 11 is 0. The quantitative estimate of drug-likeness (QED) is 0.851. The first kappa shape index (κ1) is 12.9. The van der Waals surface area contributed by atoms with Gasteiger partial charge in [-0.15, -0.1) is 0 Å². The molecule has 0 fully saturated rings. The SMILES string of the molecule is CC(C)(C1=N[C@@H](c2ccccc2)CO1)c1ccccn1. The van der Waals surface area contributed by atoms with Crippen LogP contribution in [-0.4, -0.2) is 17.5 Å². The highest BCUT2D eigenvalue weighted by molar-refractivity contribution is 5.88. The molecule has 1 aliphatic rings. The Morgan fingerprint density at radius 1 is 1.05 bits per heavy atom. The van der Waals surface area contributed by atoms with Crippen LogP contribution in [0.3, 0.4) is 0 Å². The summed E-state index contributed by atoms with van der Waals surface area (Å²) in [7, 11) is 0. The second-order valence-corrected chi connectivity index (χ2v) is 5.51. The van der Waals surface area contributed by atoms with Gasteiger partial charge in [0, 0.05) is 6.20 Å². The zero-order valence-electron chi connectivity index (χ0n) is 11.8. The number of aliphatic imine (C=N–C) groups is 1. The minimum absolute atomic E-state index is 0.0918. The van der Waals surface area contributed by atoms with Gasteiger partial charge in [-0.3, -0.25) is 4.98 Å². The van der Waals surface area contributed by atoms with E-state index in [9.17, 15) is 0 Å². The summed E-state index contributed by atoms with van der Waals surface area (Å²) in [5, 5.41) is 0. The molecule has 102 valence electrons. The van der Waals surface area contributed by atoms with E-state index >= 15 is 0 Å². The average Bonchev–Trinajstić information content (AvgIpc) is 3.00. The molecular weight excluding hydrogens is 248 g/mol. The maximum atomic E-state index is 5.85. The van der Waals surface area contributed by atoms with E-state index in [4.69, 9.17) is 9.73 Å². The number of pyridine rings is 1. The molecular formula is C17H18N2O. The lowest BCUT2D eigenvalue weighted by Gasteiger charge is -2.22. The predicted molar refractivity (Wildman–Crippen MR) is 79.8 cm³/mol. The Morgan fingerprint density at radius 3 is 2.50 bits per heavy atom. The number of benzene rings is 1. The molecule has 0 aliphatic carbocycles. The summed E-state index contributed by atoms with van der Waals surface area (Å²) in [6.07, 6.45) is 1.81. The van der Waals surface area contributed by atoms with E-state index in [2.05, 4.69) is 31.0 Å². The Labute approximate surface area is 119 Å². The molecule has 1 aliphatic heterocycles. The van der Waals surface area contributed by atoms with Crippen molar-refractivity contribution in [2.75, 3.05) is 6.61 Å². The van der Waals surface area contributed by atoms with Crippen molar-refractivity contribution in [3.8, 4) is 0 Å². The van der Waals surface area contributed by atoms with Crippen LogP contribution in [0.2, 0.25) is 0 Å². The Morgan fingerprint density at radius 2 is 1.80 bits per heavy atom. The third kappa shape index (κ3) is 2.31. The van der Waals surface area contributed by atoms with Gasteiger partial charge in [0.1, 0.15) is 12.6 Å². The van der Waals surface area contributed by atoms with Crippen LogP contribution in [0.15, 0.2) is 59.7 Å². The van der Waals surface area contributed by atoms with Crippen molar-refractivity contribution >= 4 is 5.90 Å². The highest BCUT2D eigenvalue weighted by atomic mass is 16.5. The van der Waals surface area contributed by atoms with Crippen LogP contribution in [0, 0.1) is 0 Å². The first-order valence-corrected chi connectivity index (χ1v) is 6.85. The molecule has 3 rings (SSSR count). The van der Waals surface area contributed by atoms with Crippen LogP contribution in [0.1, 0.15) is 31.1 Å². The van der Waals surface area contributed by atoms with E-state index in [1.54, 1.807) is 6.20 Å². The second-order valence-electron chi connectivity index (χ2n) is 5.51. The van der Waals surface area contributed by atoms with Gasteiger partial charge in [0.05, 0.1) is 11.1 Å². The zero-order valence-corrected chi connectivity index (χ0v) is 11.8. The molecule has 1 atom stereocenters. The van der Waals surface area contributed by atoms with E-state index < -0.39 is 0 Å². The fourth-order valence-corrected chi connectivity index (χ4v) is 2.40. The standard InChI is InChI=1S/C17H18N2O/c1-17(2,15-10-6-7-11-18-15)16-19-14(12-20-16)13-8-4-3-5-9-13/h3-11,14H,12H2,1-2H3/t14-/m1/s1. The van der Waals surface area contributed by atoms with E-state index in [0.29, 0.717) is 6.61 Å². The minimum Gasteiger partial charge on any atom is -0.478 e. The molecule has 1 aromatic carbocycles. The Balaban J connectivity index is 1.88. The topological polar surface area (TPSA) is 34.5 Å². The van der Waals surface area contributed by atoms with Crippen molar-refractivity contribution in [1.29, 1.82) is 0 Å². The maximum Gasteiger partial charge on any atom is 0.196 e. The predicted octanol–water partition coefficient (Wildman–Crippen LogP) is 3.53. The molecule has 3 heteroatoms. The van der Waals surface area contributed by atoms with Crippen LogP contribution in [0.5, 0.6) is 0 Å². The Kier molecular flexibility index (Phi) is 3.26. The van der Waals surface area contributed by atoms with Crippen LogP contribution in [-0.2, 0) is 10.2 Å². The first-order chi connectivity index (χ1) is 9.68. The fourth-order valence-electron chi connectivity index (χ4n) is 2.40. The van der Waals surface area contributed by atoms with Gasteiger partial charge in [0.25, 0.3) is 0 Å². The third-order valence-electron chi connectivity index (χ3n) is 3.68. The molecule has 0 amide bonds. The third-order valence-corrected chi connectivity index (χ3v) is 3.68. The number of nitrogens with zero attached hydrogens (tertiary/aromatic N) is 2. The minimum atomic E-state index is -0.301. The highest BCUT2D eigenvalue weighted by Crippen LogP contribution is 2.31. The van der Waals surface area contributed by atoms with E-state index in [1.807, 2.05) is 36.4 Å². The molecule has 0 bridgehead atoms. The summed E-state index contributed by atoms with van der Waals surface area (Å²) in [4.78, 5) is 9.19. The molecule has 0 spiro atoms. The van der Waals surface area contributed by atoms with Crippen molar-refractivity contribution in [3.63, 3.8) is 0 Å². The van der Waals surface area contributed by atoms with Gasteiger partial charge in [-0.1, -0.05) is 36.4 Å². The van der Waals surface area contributed by atoms with Gasteiger partial charge >= 0.3 is 0 Å². The molecule has 0 saturated carbocycles. The molecule has 0 radical (unpaired) electrons. The van der Waals surface area contributed by atoms with Crippen molar-refractivity contribution in [2.24, 2.45) is 4.99 Å². The number of ether oxygens (including phenoxy) is 1. The largest absolute Gasteiger partial charge is 0.478 e. The Bertz CT molecular complexity index is 605. The molecule has 0 saturated heterocycles. The molecule has 3 nitrogen and oxygen atoms in total. The van der Waals surface area contributed by atoms with Crippen molar-refractivity contribution in [2.45, 2.75) is 25.3 Å². The summed E-state index contributed by atoms with van der Waals surface area (Å²) in [6.45, 7) is 4.80. The van der Waals surface area contributed by atoms with Crippen LogP contribution < -0.4 is 0 Å². The number of hydrogen-bond donors (Lipinski definition) is 0. The van der Waals surface area contributed by atoms with Crippen LogP contribution >= 0.6 is 0 Å².